The normalized spacial score (nSPS) is 10.8. The number of amides is 1. The first-order valence-corrected chi connectivity index (χ1v) is 9.13. The van der Waals surface area contributed by atoms with Crippen LogP contribution in [0.4, 0.5) is 10.2 Å². The van der Waals surface area contributed by atoms with Crippen LogP contribution in [0, 0.1) is 5.82 Å². The fraction of sp³-hybridized carbons (Fsp3) is 0.227. The molecule has 0 bridgehead atoms. The predicted octanol–water partition coefficient (Wildman–Crippen LogP) is 4.06. The fourth-order valence-electron chi connectivity index (χ4n) is 2.65. The van der Waals surface area contributed by atoms with Gasteiger partial charge in [0.1, 0.15) is 17.2 Å². The van der Waals surface area contributed by atoms with Gasteiger partial charge in [0.25, 0.3) is 5.91 Å². The van der Waals surface area contributed by atoms with Crippen LogP contribution < -0.4 is 10.2 Å². The smallest absolute Gasteiger partial charge is 0.256 e. The van der Waals surface area contributed by atoms with Gasteiger partial charge in [0.05, 0.1) is 0 Å². The molecule has 0 saturated carbocycles. The van der Waals surface area contributed by atoms with Crippen molar-refractivity contribution in [3.63, 3.8) is 0 Å². The summed E-state index contributed by atoms with van der Waals surface area (Å²) in [7, 11) is 1.90. The monoisotopic (exact) mass is 378 g/mol. The van der Waals surface area contributed by atoms with Crippen LogP contribution in [-0.2, 0) is 6.54 Å². The van der Waals surface area contributed by atoms with Crippen molar-refractivity contribution >= 4 is 11.7 Å². The Bertz CT molecular complexity index is 943. The highest BCUT2D eigenvalue weighted by atomic mass is 19.1. The summed E-state index contributed by atoms with van der Waals surface area (Å²) in [6.07, 6.45) is 1.56. The second-order valence-corrected chi connectivity index (χ2v) is 6.81. The Hall–Kier alpha value is -3.28. The summed E-state index contributed by atoms with van der Waals surface area (Å²) < 4.78 is 13.0. The summed E-state index contributed by atoms with van der Waals surface area (Å²) in [5.74, 6) is 0.561. The molecule has 1 aromatic heterocycles. The number of anilines is 1. The average Bonchev–Trinajstić information content (AvgIpc) is 2.72. The maximum atomic E-state index is 13.0. The van der Waals surface area contributed by atoms with Crippen LogP contribution in [0.2, 0.25) is 0 Å². The van der Waals surface area contributed by atoms with Gasteiger partial charge in [0.15, 0.2) is 5.82 Å². The second kappa shape index (κ2) is 8.61. The number of carbonyl (C=O) groups excluding carboxylic acids is 1. The molecule has 0 spiro atoms. The van der Waals surface area contributed by atoms with Crippen molar-refractivity contribution in [3.8, 4) is 11.4 Å². The maximum absolute atomic E-state index is 13.0. The van der Waals surface area contributed by atoms with E-state index in [0.717, 1.165) is 11.1 Å². The summed E-state index contributed by atoms with van der Waals surface area (Å²) in [4.78, 5) is 23.8. The molecule has 2 aromatic carbocycles. The predicted molar refractivity (Wildman–Crippen MR) is 109 cm³/mol. The molecule has 0 atom stereocenters. The van der Waals surface area contributed by atoms with E-state index in [-0.39, 0.29) is 17.8 Å². The van der Waals surface area contributed by atoms with Crippen molar-refractivity contribution in [1.29, 1.82) is 0 Å². The standard InChI is InChI=1S/C22H23FN4O/c1-15(2)27(3)21-19(14-24-20(26-21)17-7-5-4-6-8-17)22(28)25-13-16-9-11-18(23)12-10-16/h4-12,14-15H,13H2,1-3H3,(H,25,28). The van der Waals surface area contributed by atoms with E-state index in [1.54, 1.807) is 18.3 Å². The van der Waals surface area contributed by atoms with Gasteiger partial charge in [-0.15, -0.1) is 0 Å². The molecule has 1 N–H and O–H groups in total. The van der Waals surface area contributed by atoms with Gasteiger partial charge in [0, 0.05) is 31.4 Å². The van der Waals surface area contributed by atoms with Gasteiger partial charge in [-0.25, -0.2) is 14.4 Å². The van der Waals surface area contributed by atoms with Crippen molar-refractivity contribution in [3.05, 3.63) is 77.7 Å². The van der Waals surface area contributed by atoms with Gasteiger partial charge in [0.2, 0.25) is 0 Å². The molecule has 144 valence electrons. The molecular formula is C22H23FN4O. The molecule has 0 unspecified atom stereocenters. The molecule has 3 rings (SSSR count). The third-order valence-corrected chi connectivity index (χ3v) is 4.52. The van der Waals surface area contributed by atoms with Crippen molar-refractivity contribution in [2.75, 3.05) is 11.9 Å². The molecule has 3 aromatic rings. The molecular weight excluding hydrogens is 355 g/mol. The lowest BCUT2D eigenvalue weighted by Gasteiger charge is -2.25. The largest absolute Gasteiger partial charge is 0.356 e. The Morgan fingerprint density at radius 1 is 1.11 bits per heavy atom. The number of benzene rings is 2. The molecule has 0 radical (unpaired) electrons. The van der Waals surface area contributed by atoms with Crippen LogP contribution in [0.5, 0.6) is 0 Å². The SMILES string of the molecule is CC(C)N(C)c1nc(-c2ccccc2)ncc1C(=O)NCc1ccc(F)cc1. The van der Waals surface area contributed by atoms with Crippen LogP contribution in [-0.4, -0.2) is 29.0 Å². The minimum atomic E-state index is -0.305. The van der Waals surface area contributed by atoms with Crippen LogP contribution >= 0.6 is 0 Å². The van der Waals surface area contributed by atoms with Crippen molar-refractivity contribution in [2.45, 2.75) is 26.4 Å². The van der Waals surface area contributed by atoms with E-state index >= 15 is 0 Å². The van der Waals surface area contributed by atoms with Gasteiger partial charge in [-0.1, -0.05) is 42.5 Å². The molecule has 0 fully saturated rings. The van der Waals surface area contributed by atoms with Crippen molar-refractivity contribution in [2.24, 2.45) is 0 Å². The Kier molecular flexibility index (Phi) is 5.99. The molecule has 0 saturated heterocycles. The summed E-state index contributed by atoms with van der Waals surface area (Å²) >= 11 is 0. The van der Waals surface area contributed by atoms with Crippen LogP contribution in [0.15, 0.2) is 60.8 Å². The molecule has 5 nitrogen and oxygen atoms in total. The molecule has 6 heteroatoms. The topological polar surface area (TPSA) is 58.1 Å². The summed E-state index contributed by atoms with van der Waals surface area (Å²) in [5, 5.41) is 2.86. The first-order chi connectivity index (χ1) is 13.5. The van der Waals surface area contributed by atoms with Crippen LogP contribution in [0.3, 0.4) is 0 Å². The van der Waals surface area contributed by atoms with E-state index in [1.165, 1.54) is 12.1 Å². The zero-order valence-electron chi connectivity index (χ0n) is 16.2. The molecule has 0 aliphatic carbocycles. The number of hydrogen-bond donors (Lipinski definition) is 1. The van der Waals surface area contributed by atoms with E-state index in [4.69, 9.17) is 0 Å². The first kappa shape index (κ1) is 19.5. The Morgan fingerprint density at radius 2 is 1.79 bits per heavy atom. The van der Waals surface area contributed by atoms with Crippen molar-refractivity contribution in [1.82, 2.24) is 15.3 Å². The fourth-order valence-corrected chi connectivity index (χ4v) is 2.65. The van der Waals surface area contributed by atoms with Crippen LogP contribution in [0.25, 0.3) is 11.4 Å². The van der Waals surface area contributed by atoms with Gasteiger partial charge < -0.3 is 10.2 Å². The number of carbonyl (C=O) groups is 1. The number of nitrogens with zero attached hydrogens (tertiary/aromatic N) is 3. The molecule has 0 aliphatic rings. The Labute approximate surface area is 164 Å². The van der Waals surface area contributed by atoms with Gasteiger partial charge in [-0.3, -0.25) is 4.79 Å². The highest BCUT2D eigenvalue weighted by molar-refractivity contribution is 5.98. The highest BCUT2D eigenvalue weighted by Gasteiger charge is 2.20. The van der Waals surface area contributed by atoms with E-state index in [2.05, 4.69) is 15.3 Å². The summed E-state index contributed by atoms with van der Waals surface area (Å²) in [5.41, 5.74) is 2.10. The Morgan fingerprint density at radius 3 is 2.43 bits per heavy atom. The van der Waals surface area contributed by atoms with E-state index < -0.39 is 0 Å². The number of rotatable bonds is 6. The van der Waals surface area contributed by atoms with Gasteiger partial charge in [-0.05, 0) is 31.5 Å². The minimum Gasteiger partial charge on any atom is -0.356 e. The van der Waals surface area contributed by atoms with E-state index in [1.807, 2.05) is 56.1 Å². The third kappa shape index (κ3) is 4.52. The number of nitrogens with one attached hydrogen (secondary N) is 1. The lowest BCUT2D eigenvalue weighted by atomic mass is 10.2. The molecule has 28 heavy (non-hydrogen) atoms. The number of halogens is 1. The third-order valence-electron chi connectivity index (χ3n) is 4.52. The highest BCUT2D eigenvalue weighted by Crippen LogP contribution is 2.23. The van der Waals surface area contributed by atoms with Gasteiger partial charge in [-0.2, -0.15) is 0 Å². The molecule has 1 heterocycles. The van der Waals surface area contributed by atoms with Gasteiger partial charge >= 0.3 is 0 Å². The second-order valence-electron chi connectivity index (χ2n) is 6.81. The quantitative estimate of drug-likeness (QED) is 0.703. The minimum absolute atomic E-state index is 0.155. The first-order valence-electron chi connectivity index (χ1n) is 9.13. The van der Waals surface area contributed by atoms with Crippen molar-refractivity contribution < 1.29 is 9.18 Å². The number of aromatic nitrogens is 2. The molecule has 0 aliphatic heterocycles. The Balaban J connectivity index is 1.88. The van der Waals surface area contributed by atoms with Crippen LogP contribution in [0.1, 0.15) is 29.8 Å². The molecule has 1 amide bonds. The lowest BCUT2D eigenvalue weighted by Crippen LogP contribution is -2.31. The average molecular weight is 378 g/mol. The zero-order chi connectivity index (χ0) is 20.1. The lowest BCUT2D eigenvalue weighted by molar-refractivity contribution is 0.0950. The maximum Gasteiger partial charge on any atom is 0.256 e. The van der Waals surface area contributed by atoms with E-state index in [9.17, 15) is 9.18 Å². The zero-order valence-corrected chi connectivity index (χ0v) is 16.2. The van der Waals surface area contributed by atoms with E-state index in [0.29, 0.717) is 23.8 Å². The number of hydrogen-bond acceptors (Lipinski definition) is 4. The summed E-state index contributed by atoms with van der Waals surface area (Å²) in [6, 6.07) is 15.8. The summed E-state index contributed by atoms with van der Waals surface area (Å²) in [6.45, 7) is 4.36.